The number of carbonyl (C=O) groups excluding carboxylic acids is 3. The number of benzene rings is 1. The first-order valence-corrected chi connectivity index (χ1v) is 11.8. The molecule has 0 aromatic heterocycles. The van der Waals surface area contributed by atoms with Crippen LogP contribution in [0.15, 0.2) is 23.0 Å². The first-order valence-electron chi connectivity index (χ1n) is 11.8. The first-order chi connectivity index (χ1) is 16.6. The van der Waals surface area contributed by atoms with Crippen molar-refractivity contribution in [2.75, 3.05) is 14.1 Å². The third-order valence-electron chi connectivity index (χ3n) is 7.84. The molecule has 4 rings (SSSR count). The highest BCUT2D eigenvalue weighted by atomic mass is 16.3. The van der Waals surface area contributed by atoms with Gasteiger partial charge in [-0.25, -0.2) is 0 Å². The minimum atomic E-state index is -2.65. The third kappa shape index (κ3) is 3.31. The van der Waals surface area contributed by atoms with Gasteiger partial charge in [0.05, 0.1) is 11.6 Å². The molecule has 8 N–H and O–H groups in total. The van der Waals surface area contributed by atoms with Gasteiger partial charge in [-0.05, 0) is 55.5 Å². The number of amides is 1. The number of aromatic hydroxyl groups is 1. The van der Waals surface area contributed by atoms with Crippen molar-refractivity contribution < 1.29 is 34.8 Å². The molecule has 1 aromatic carbocycles. The van der Waals surface area contributed by atoms with Crippen LogP contribution in [0.2, 0.25) is 0 Å². The topological polar surface area (TPSA) is 187 Å². The number of hydrogen-bond acceptors (Lipinski definition) is 9. The van der Waals surface area contributed by atoms with E-state index in [1.807, 2.05) is 20.8 Å². The van der Waals surface area contributed by atoms with Crippen LogP contribution in [-0.4, -0.2) is 68.5 Å². The molecule has 0 radical (unpaired) electrons. The monoisotopic (exact) mass is 499 g/mol. The van der Waals surface area contributed by atoms with Crippen LogP contribution in [0.4, 0.5) is 0 Å². The number of phenols is 1. The fourth-order valence-corrected chi connectivity index (χ4v) is 6.14. The van der Waals surface area contributed by atoms with Gasteiger partial charge in [0, 0.05) is 23.6 Å². The van der Waals surface area contributed by atoms with Crippen molar-refractivity contribution in [1.29, 1.82) is 0 Å². The Morgan fingerprint density at radius 1 is 1.19 bits per heavy atom. The number of nitrogens with two attached hydrogens (primary N) is 2. The van der Waals surface area contributed by atoms with E-state index >= 15 is 0 Å². The number of nitrogens with zero attached hydrogens (tertiary/aromatic N) is 1. The van der Waals surface area contributed by atoms with Crippen LogP contribution in [0.25, 0.3) is 5.76 Å². The second kappa shape index (κ2) is 8.16. The Labute approximate surface area is 208 Å². The normalized spacial score (nSPS) is 28.3. The van der Waals surface area contributed by atoms with Gasteiger partial charge in [0.1, 0.15) is 22.8 Å². The molecule has 10 heteroatoms. The number of hydrogen-bond donors (Lipinski definition) is 6. The van der Waals surface area contributed by atoms with E-state index in [4.69, 9.17) is 11.5 Å². The summed E-state index contributed by atoms with van der Waals surface area (Å²) in [5.74, 6) is -6.62. The zero-order valence-electron chi connectivity index (χ0n) is 21.0. The van der Waals surface area contributed by atoms with E-state index in [9.17, 15) is 34.8 Å². The smallest absolute Gasteiger partial charge is 0.255 e. The van der Waals surface area contributed by atoms with Crippen molar-refractivity contribution in [1.82, 2.24) is 4.90 Å². The van der Waals surface area contributed by atoms with Gasteiger partial charge in [0.2, 0.25) is 5.78 Å². The molecule has 3 aliphatic rings. The van der Waals surface area contributed by atoms with Gasteiger partial charge >= 0.3 is 0 Å². The summed E-state index contributed by atoms with van der Waals surface area (Å²) in [5, 5.41) is 45.1. The molecule has 0 unspecified atom stereocenters. The van der Waals surface area contributed by atoms with Crippen LogP contribution in [0.5, 0.6) is 5.75 Å². The maximum absolute atomic E-state index is 13.9. The Hall–Kier alpha value is -3.21. The van der Waals surface area contributed by atoms with Gasteiger partial charge in [-0.3, -0.25) is 19.3 Å². The van der Waals surface area contributed by atoms with E-state index in [1.165, 1.54) is 4.90 Å². The predicted octanol–water partition coefficient (Wildman–Crippen LogP) is 0.720. The minimum Gasteiger partial charge on any atom is -0.508 e. The van der Waals surface area contributed by atoms with Crippen molar-refractivity contribution in [2.24, 2.45) is 23.3 Å². The Kier molecular flexibility index (Phi) is 5.86. The van der Waals surface area contributed by atoms with Gasteiger partial charge in [-0.1, -0.05) is 20.8 Å². The molecule has 3 aliphatic carbocycles. The van der Waals surface area contributed by atoms with Crippen molar-refractivity contribution in [3.8, 4) is 5.75 Å². The Bertz CT molecular complexity index is 1270. The average Bonchev–Trinajstić information content (AvgIpc) is 2.75. The fourth-order valence-electron chi connectivity index (χ4n) is 6.14. The maximum atomic E-state index is 13.9. The molecule has 0 bridgehead atoms. The summed E-state index contributed by atoms with van der Waals surface area (Å²) in [6.07, 6.45) is 0.261. The number of rotatable bonds is 3. The SMILES string of the molecule is CN(C)[C@@H]1C(=O)C(C(N)=O)=C(O)[C@@]2(O)C(=O)C3=C(O)c4c(O)c(C(C)(C)C)cc(CN)c4C[C@H]3C[C@@H]12. The van der Waals surface area contributed by atoms with E-state index in [1.54, 1.807) is 20.2 Å². The number of likely N-dealkylation sites (N-methyl/N-ethyl adjacent to an activating group) is 1. The van der Waals surface area contributed by atoms with Crippen LogP contribution in [0.3, 0.4) is 0 Å². The molecular weight excluding hydrogens is 466 g/mol. The van der Waals surface area contributed by atoms with E-state index in [0.29, 0.717) is 16.7 Å². The first kappa shape index (κ1) is 25.9. The van der Waals surface area contributed by atoms with Gasteiger partial charge in [-0.2, -0.15) is 0 Å². The van der Waals surface area contributed by atoms with Crippen LogP contribution < -0.4 is 11.5 Å². The molecule has 194 valence electrons. The Balaban J connectivity index is 2.02. The summed E-state index contributed by atoms with van der Waals surface area (Å²) in [4.78, 5) is 40.5. The number of phenolic OH excluding ortho intramolecular Hbond substituents is 1. The molecular formula is C26H33N3O7. The highest BCUT2D eigenvalue weighted by Crippen LogP contribution is 2.53. The van der Waals surface area contributed by atoms with E-state index < -0.39 is 63.5 Å². The molecule has 0 saturated heterocycles. The predicted molar refractivity (Wildman–Crippen MR) is 131 cm³/mol. The van der Waals surface area contributed by atoms with Crippen LogP contribution in [0.1, 0.15) is 49.4 Å². The van der Waals surface area contributed by atoms with Crippen LogP contribution in [0, 0.1) is 11.8 Å². The number of fused-ring (bicyclic) bond motifs is 3. The number of aliphatic hydroxyl groups excluding tert-OH is 2. The summed E-state index contributed by atoms with van der Waals surface area (Å²) >= 11 is 0. The summed E-state index contributed by atoms with van der Waals surface area (Å²) in [6, 6.07) is 0.682. The number of Topliss-reactive ketones (excluding diaryl/α,β-unsaturated/α-hetero) is 2. The highest BCUT2D eigenvalue weighted by Gasteiger charge is 2.64. The molecule has 1 amide bonds. The molecule has 0 spiro atoms. The van der Waals surface area contributed by atoms with Crippen molar-refractivity contribution in [2.45, 2.75) is 57.2 Å². The summed E-state index contributed by atoms with van der Waals surface area (Å²) < 4.78 is 0. The fraction of sp³-hybridized carbons (Fsp3) is 0.500. The average molecular weight is 500 g/mol. The molecule has 0 heterocycles. The molecule has 10 nitrogen and oxygen atoms in total. The molecule has 1 fully saturated rings. The van der Waals surface area contributed by atoms with Crippen molar-refractivity contribution in [3.05, 3.63) is 45.2 Å². The molecule has 4 atom stereocenters. The molecule has 1 aromatic rings. The number of primary amides is 1. The second-order valence-corrected chi connectivity index (χ2v) is 11.2. The lowest BCUT2D eigenvalue weighted by Crippen LogP contribution is -2.65. The largest absolute Gasteiger partial charge is 0.508 e. The van der Waals surface area contributed by atoms with Crippen LogP contribution in [-0.2, 0) is 32.8 Å². The summed E-state index contributed by atoms with van der Waals surface area (Å²) in [5.41, 5.74) is 9.09. The quantitative estimate of drug-likeness (QED) is 0.326. The van der Waals surface area contributed by atoms with Crippen molar-refractivity contribution >= 4 is 23.2 Å². The summed E-state index contributed by atoms with van der Waals surface area (Å²) in [6.45, 7) is 5.79. The molecule has 36 heavy (non-hydrogen) atoms. The zero-order chi connectivity index (χ0) is 27.1. The number of ketones is 2. The lowest BCUT2D eigenvalue weighted by molar-refractivity contribution is -0.153. The van der Waals surface area contributed by atoms with Gasteiger partial charge in [0.25, 0.3) is 5.91 Å². The maximum Gasteiger partial charge on any atom is 0.255 e. The molecule has 0 aliphatic heterocycles. The lowest BCUT2D eigenvalue weighted by atomic mass is 9.57. The standard InChI is InChI=1S/C26H33N3O7/c1-25(2,3)14-8-11(9-27)12-6-10-7-13-18(29(4)5)21(32)17(24(28)35)23(34)26(13,36)22(33)15(10)20(31)16(12)19(14)30/h8,10,13,18,30-31,34,36H,6-7,9,27H2,1-5H3,(H2,28,35)/t10-,13-,18-,26-/m0/s1. The number of aliphatic hydroxyl groups is 3. The van der Waals surface area contributed by atoms with E-state index in [0.717, 1.165) is 0 Å². The summed E-state index contributed by atoms with van der Waals surface area (Å²) in [7, 11) is 3.12. The lowest BCUT2D eigenvalue weighted by Gasteiger charge is -2.50. The van der Waals surface area contributed by atoms with Crippen LogP contribution >= 0.6 is 0 Å². The van der Waals surface area contributed by atoms with Crippen molar-refractivity contribution in [3.63, 3.8) is 0 Å². The highest BCUT2D eigenvalue weighted by molar-refractivity contribution is 6.24. The Morgan fingerprint density at radius 3 is 2.31 bits per heavy atom. The third-order valence-corrected chi connectivity index (χ3v) is 7.84. The Morgan fingerprint density at radius 2 is 1.81 bits per heavy atom. The minimum absolute atomic E-state index is 0.0392. The zero-order valence-corrected chi connectivity index (χ0v) is 21.0. The van der Waals surface area contributed by atoms with Gasteiger partial charge in [-0.15, -0.1) is 0 Å². The van der Waals surface area contributed by atoms with E-state index in [-0.39, 0.29) is 36.3 Å². The number of carbonyl (C=O) groups is 3. The molecule has 1 saturated carbocycles. The van der Waals surface area contributed by atoms with Gasteiger partial charge in [0.15, 0.2) is 11.4 Å². The second-order valence-electron chi connectivity index (χ2n) is 11.2. The van der Waals surface area contributed by atoms with E-state index in [2.05, 4.69) is 0 Å². The van der Waals surface area contributed by atoms with Gasteiger partial charge < -0.3 is 31.9 Å².